The van der Waals surface area contributed by atoms with Crippen molar-refractivity contribution < 1.29 is 0 Å². The third-order valence-corrected chi connectivity index (χ3v) is 6.40. The molecule has 2 aromatic carbocycles. The summed E-state index contributed by atoms with van der Waals surface area (Å²) < 4.78 is 0. The minimum atomic E-state index is 0.942. The Hall–Kier alpha value is -2.26. The lowest BCUT2D eigenvalue weighted by molar-refractivity contribution is 0.252. The van der Waals surface area contributed by atoms with Crippen LogP contribution in [0.25, 0.3) is 0 Å². The van der Waals surface area contributed by atoms with Gasteiger partial charge in [0.05, 0.1) is 0 Å². The van der Waals surface area contributed by atoms with E-state index in [4.69, 9.17) is 0 Å². The second-order valence-electron chi connectivity index (χ2n) is 8.69. The van der Waals surface area contributed by atoms with Gasteiger partial charge < -0.3 is 0 Å². The van der Waals surface area contributed by atoms with Crippen molar-refractivity contribution in [3.8, 4) is 11.8 Å². The maximum absolute atomic E-state index is 3.78. The zero-order valence-corrected chi connectivity index (χ0v) is 18.1. The van der Waals surface area contributed by atoms with Gasteiger partial charge in [-0.05, 0) is 72.9 Å². The molecule has 152 valence electrons. The van der Waals surface area contributed by atoms with E-state index in [1.165, 1.54) is 62.5 Å². The van der Waals surface area contributed by atoms with Crippen LogP contribution in [-0.4, -0.2) is 0 Å². The van der Waals surface area contributed by atoms with E-state index in [1.54, 1.807) is 0 Å². The van der Waals surface area contributed by atoms with E-state index in [1.807, 2.05) is 6.08 Å². The predicted molar refractivity (Wildman–Crippen MR) is 126 cm³/mol. The number of aryl methyl sites for hydroxylation is 2. The van der Waals surface area contributed by atoms with Crippen LogP contribution in [0.15, 0.2) is 61.2 Å². The van der Waals surface area contributed by atoms with Crippen LogP contribution in [0, 0.1) is 23.7 Å². The van der Waals surface area contributed by atoms with Crippen LogP contribution >= 0.6 is 0 Å². The Morgan fingerprint density at radius 1 is 0.759 bits per heavy atom. The molecule has 1 saturated carbocycles. The van der Waals surface area contributed by atoms with E-state index in [2.05, 4.69) is 73.9 Å². The van der Waals surface area contributed by atoms with Gasteiger partial charge in [-0.3, -0.25) is 0 Å². The SMILES string of the molecule is C=CCCc1ccc(C#Cc2ccc(CCC3CCC(CCC)CC3)cc2)cc1. The third-order valence-electron chi connectivity index (χ3n) is 6.40. The largest absolute Gasteiger partial charge is 0.103 e. The summed E-state index contributed by atoms with van der Waals surface area (Å²) in [4.78, 5) is 0. The molecule has 0 amide bonds. The molecule has 29 heavy (non-hydrogen) atoms. The van der Waals surface area contributed by atoms with Gasteiger partial charge in [0.1, 0.15) is 0 Å². The van der Waals surface area contributed by atoms with Crippen molar-refractivity contribution in [1.29, 1.82) is 0 Å². The highest BCUT2D eigenvalue weighted by molar-refractivity contribution is 5.44. The Morgan fingerprint density at radius 3 is 1.72 bits per heavy atom. The van der Waals surface area contributed by atoms with Gasteiger partial charge in [-0.2, -0.15) is 0 Å². The van der Waals surface area contributed by atoms with Crippen molar-refractivity contribution in [2.24, 2.45) is 11.8 Å². The molecular formula is C29H36. The van der Waals surface area contributed by atoms with Crippen LogP contribution in [0.1, 0.15) is 80.5 Å². The summed E-state index contributed by atoms with van der Waals surface area (Å²) >= 11 is 0. The Labute approximate surface area is 178 Å². The number of rotatable bonds is 8. The number of allylic oxidation sites excluding steroid dienone is 1. The monoisotopic (exact) mass is 384 g/mol. The maximum atomic E-state index is 3.78. The van der Waals surface area contributed by atoms with Crippen molar-refractivity contribution >= 4 is 0 Å². The van der Waals surface area contributed by atoms with Gasteiger partial charge in [0.2, 0.25) is 0 Å². The minimum absolute atomic E-state index is 0.942. The molecule has 0 aliphatic heterocycles. The fourth-order valence-corrected chi connectivity index (χ4v) is 4.51. The standard InChI is InChI=1S/C29H36/c1-3-5-7-25-10-14-27(15-11-25)17-19-29-22-20-28(21-23-29)18-16-26-12-8-24(6-4-2)9-13-26/h3,10-11,14-15,20-24,26H,1,4-9,12-13,16,18H2,2H3. The summed E-state index contributed by atoms with van der Waals surface area (Å²) in [5.74, 6) is 8.55. The van der Waals surface area contributed by atoms with Gasteiger partial charge in [-0.1, -0.05) is 87.6 Å². The third kappa shape index (κ3) is 7.25. The van der Waals surface area contributed by atoms with Crippen LogP contribution in [0.4, 0.5) is 0 Å². The normalized spacial score (nSPS) is 18.7. The highest BCUT2D eigenvalue weighted by Crippen LogP contribution is 2.33. The van der Waals surface area contributed by atoms with E-state index in [-0.39, 0.29) is 0 Å². The molecule has 1 aliphatic carbocycles. The summed E-state index contributed by atoms with van der Waals surface area (Å²) in [6.45, 7) is 6.10. The van der Waals surface area contributed by atoms with Crippen molar-refractivity contribution in [2.75, 3.05) is 0 Å². The van der Waals surface area contributed by atoms with Crippen LogP contribution in [-0.2, 0) is 12.8 Å². The van der Waals surface area contributed by atoms with Crippen LogP contribution < -0.4 is 0 Å². The summed E-state index contributed by atoms with van der Waals surface area (Å²) in [6, 6.07) is 17.5. The highest BCUT2D eigenvalue weighted by atomic mass is 14.3. The number of hydrogen-bond acceptors (Lipinski definition) is 0. The lowest BCUT2D eigenvalue weighted by atomic mass is 9.78. The summed E-state index contributed by atoms with van der Waals surface area (Å²) in [6.07, 6.45) is 15.2. The lowest BCUT2D eigenvalue weighted by Crippen LogP contribution is -2.15. The van der Waals surface area contributed by atoms with Gasteiger partial charge in [-0.15, -0.1) is 6.58 Å². The van der Waals surface area contributed by atoms with Crippen molar-refractivity contribution in [1.82, 2.24) is 0 Å². The minimum Gasteiger partial charge on any atom is -0.103 e. The second kappa shape index (κ2) is 11.7. The number of hydrogen-bond donors (Lipinski definition) is 0. The Balaban J connectivity index is 1.46. The molecule has 0 radical (unpaired) electrons. The van der Waals surface area contributed by atoms with E-state index < -0.39 is 0 Å². The fraction of sp³-hybridized carbons (Fsp3) is 0.448. The topological polar surface area (TPSA) is 0 Å². The Bertz CT molecular complexity index is 790. The molecule has 0 heteroatoms. The molecule has 0 nitrogen and oxygen atoms in total. The van der Waals surface area contributed by atoms with Gasteiger partial charge in [-0.25, -0.2) is 0 Å². The van der Waals surface area contributed by atoms with Crippen LogP contribution in [0.5, 0.6) is 0 Å². The first-order valence-corrected chi connectivity index (χ1v) is 11.6. The van der Waals surface area contributed by atoms with Crippen molar-refractivity contribution in [3.63, 3.8) is 0 Å². The van der Waals surface area contributed by atoms with Crippen molar-refractivity contribution in [3.05, 3.63) is 83.4 Å². The lowest BCUT2D eigenvalue weighted by Gasteiger charge is -2.28. The molecular weight excluding hydrogens is 348 g/mol. The average Bonchev–Trinajstić information content (AvgIpc) is 2.77. The molecule has 0 atom stereocenters. The van der Waals surface area contributed by atoms with E-state index in [0.717, 1.165) is 35.8 Å². The summed E-state index contributed by atoms with van der Waals surface area (Å²) in [5, 5.41) is 0. The summed E-state index contributed by atoms with van der Waals surface area (Å²) in [5.41, 5.74) is 4.98. The predicted octanol–water partition coefficient (Wildman–Crippen LogP) is 7.74. The second-order valence-corrected chi connectivity index (χ2v) is 8.69. The molecule has 0 unspecified atom stereocenters. The maximum Gasteiger partial charge on any atom is 0.0249 e. The first-order chi connectivity index (χ1) is 14.3. The van der Waals surface area contributed by atoms with Gasteiger partial charge in [0.25, 0.3) is 0 Å². The molecule has 0 spiro atoms. The van der Waals surface area contributed by atoms with Gasteiger partial charge in [0.15, 0.2) is 0 Å². The van der Waals surface area contributed by atoms with E-state index >= 15 is 0 Å². The fourth-order valence-electron chi connectivity index (χ4n) is 4.51. The molecule has 0 N–H and O–H groups in total. The Kier molecular flexibility index (Phi) is 8.63. The quantitative estimate of drug-likeness (QED) is 0.322. The Morgan fingerprint density at radius 2 is 1.24 bits per heavy atom. The number of benzene rings is 2. The smallest absolute Gasteiger partial charge is 0.0249 e. The van der Waals surface area contributed by atoms with Gasteiger partial charge in [0, 0.05) is 11.1 Å². The molecule has 0 aromatic heterocycles. The van der Waals surface area contributed by atoms with Crippen LogP contribution in [0.3, 0.4) is 0 Å². The van der Waals surface area contributed by atoms with Crippen molar-refractivity contribution in [2.45, 2.75) is 71.1 Å². The molecule has 1 aliphatic rings. The van der Waals surface area contributed by atoms with Crippen LogP contribution in [0.2, 0.25) is 0 Å². The molecule has 0 saturated heterocycles. The zero-order chi connectivity index (χ0) is 20.3. The molecule has 2 aromatic rings. The average molecular weight is 385 g/mol. The molecule has 3 rings (SSSR count). The first-order valence-electron chi connectivity index (χ1n) is 11.6. The van der Waals surface area contributed by atoms with Gasteiger partial charge >= 0.3 is 0 Å². The first kappa shape index (κ1) is 21.4. The van der Waals surface area contributed by atoms with E-state index in [9.17, 15) is 0 Å². The summed E-state index contributed by atoms with van der Waals surface area (Å²) in [7, 11) is 0. The van der Waals surface area contributed by atoms with E-state index in [0.29, 0.717) is 0 Å². The molecule has 1 fully saturated rings. The molecule has 0 heterocycles. The molecule has 0 bridgehead atoms. The highest BCUT2D eigenvalue weighted by Gasteiger charge is 2.20. The zero-order valence-electron chi connectivity index (χ0n) is 18.1.